The van der Waals surface area contributed by atoms with Crippen molar-refractivity contribution >= 4 is 43.6 Å². The first-order valence-electron chi connectivity index (χ1n) is 10.6. The zero-order valence-corrected chi connectivity index (χ0v) is 17.6. The fraction of sp³-hybridized carbons (Fsp3) is 0.240. The molecule has 3 unspecified atom stereocenters. The van der Waals surface area contributed by atoms with Gasteiger partial charge in [-0.3, -0.25) is 4.79 Å². The molecule has 2 bridgehead atoms. The number of aromatic nitrogens is 1. The second-order valence-corrected chi connectivity index (χ2v) is 9.77. The zero-order valence-electron chi connectivity index (χ0n) is 16.0. The van der Waals surface area contributed by atoms with Crippen LogP contribution in [0.25, 0.3) is 32.9 Å². The molecule has 4 nitrogen and oxygen atoms in total. The van der Waals surface area contributed by atoms with Crippen molar-refractivity contribution in [1.82, 2.24) is 9.88 Å². The summed E-state index contributed by atoms with van der Waals surface area (Å²) in [4.78, 5) is 13.1. The fourth-order valence-corrected chi connectivity index (χ4v) is 6.93. The van der Waals surface area contributed by atoms with Crippen LogP contribution < -0.4 is 5.32 Å². The minimum absolute atomic E-state index is 0.0554. The molecule has 1 saturated heterocycles. The molecule has 4 aliphatic rings. The van der Waals surface area contributed by atoms with Crippen LogP contribution in [0, 0.1) is 0 Å². The second kappa shape index (κ2) is 5.16. The highest BCUT2D eigenvalue weighted by Crippen LogP contribution is 2.59. The molecule has 1 fully saturated rings. The lowest BCUT2D eigenvalue weighted by Gasteiger charge is -2.20. The van der Waals surface area contributed by atoms with Crippen molar-refractivity contribution < 1.29 is 9.53 Å². The Morgan fingerprint density at radius 1 is 1.10 bits per heavy atom. The summed E-state index contributed by atoms with van der Waals surface area (Å²) in [6, 6.07) is 15.1. The van der Waals surface area contributed by atoms with Crippen molar-refractivity contribution in [3.63, 3.8) is 0 Å². The number of hydrogen-bond donors (Lipinski definition) is 1. The Kier molecular flexibility index (Phi) is 2.77. The molecular formula is C25H17BrN2O2. The molecule has 146 valence electrons. The SMILES string of the molecule is O=C1NCc2c1c1c3c4c2c2cc(Br)ccc2n4C2CCC(O2)C3c2ccccc2-1. The average molecular weight is 457 g/mol. The molecule has 0 saturated carbocycles. The lowest BCUT2D eigenvalue weighted by atomic mass is 9.86. The lowest BCUT2D eigenvalue weighted by molar-refractivity contribution is 0.00493. The third-order valence-electron chi connectivity index (χ3n) is 7.56. The highest BCUT2D eigenvalue weighted by molar-refractivity contribution is 9.10. The summed E-state index contributed by atoms with van der Waals surface area (Å²) >= 11 is 3.67. The number of fused-ring (bicyclic) bond motifs is 13. The summed E-state index contributed by atoms with van der Waals surface area (Å²) in [6.07, 6.45) is 2.29. The van der Waals surface area contributed by atoms with E-state index in [0.29, 0.717) is 6.54 Å². The van der Waals surface area contributed by atoms with E-state index < -0.39 is 0 Å². The summed E-state index contributed by atoms with van der Waals surface area (Å²) in [5, 5.41) is 5.56. The molecule has 3 atom stereocenters. The molecule has 30 heavy (non-hydrogen) atoms. The van der Waals surface area contributed by atoms with Gasteiger partial charge < -0.3 is 14.6 Å². The van der Waals surface area contributed by atoms with Crippen LogP contribution in [-0.4, -0.2) is 16.6 Å². The van der Waals surface area contributed by atoms with Crippen molar-refractivity contribution in [3.05, 3.63) is 69.2 Å². The van der Waals surface area contributed by atoms with Crippen molar-refractivity contribution in [1.29, 1.82) is 0 Å². The fourth-order valence-electron chi connectivity index (χ4n) is 6.57. The summed E-state index contributed by atoms with van der Waals surface area (Å²) in [7, 11) is 0. The molecule has 0 spiro atoms. The van der Waals surface area contributed by atoms with Crippen LogP contribution in [0.2, 0.25) is 0 Å². The first-order valence-corrected chi connectivity index (χ1v) is 11.4. The minimum Gasteiger partial charge on any atom is -0.354 e. The standard InChI is InChI=1S/C25H17BrN2O2/c26-11-5-6-16-14(9-11)19-15-10-27-25(29)22(15)21-13-4-2-1-3-12(13)20-17-7-8-18(30-17)28(16)24(19)23(20)21/h1-6,9,17-18,20H,7-8,10H2,(H,27,29). The van der Waals surface area contributed by atoms with Gasteiger partial charge in [-0.1, -0.05) is 40.2 Å². The quantitative estimate of drug-likeness (QED) is 0.374. The molecule has 3 aliphatic heterocycles. The third-order valence-corrected chi connectivity index (χ3v) is 8.06. The molecule has 4 aromatic rings. The Labute approximate surface area is 180 Å². The molecule has 5 heteroatoms. The van der Waals surface area contributed by atoms with Crippen molar-refractivity contribution in [2.45, 2.75) is 37.6 Å². The summed E-state index contributed by atoms with van der Waals surface area (Å²) < 4.78 is 10.2. The first-order chi connectivity index (χ1) is 14.7. The largest absolute Gasteiger partial charge is 0.354 e. The van der Waals surface area contributed by atoms with E-state index >= 15 is 0 Å². The van der Waals surface area contributed by atoms with E-state index in [-0.39, 0.29) is 24.2 Å². The van der Waals surface area contributed by atoms with Gasteiger partial charge in [0.2, 0.25) is 0 Å². The van der Waals surface area contributed by atoms with Crippen molar-refractivity contribution in [3.8, 4) is 11.1 Å². The number of benzene rings is 3. The predicted molar refractivity (Wildman–Crippen MR) is 119 cm³/mol. The highest BCUT2D eigenvalue weighted by Gasteiger charge is 2.48. The Morgan fingerprint density at radius 3 is 2.93 bits per heavy atom. The van der Waals surface area contributed by atoms with E-state index in [2.05, 4.69) is 68.3 Å². The van der Waals surface area contributed by atoms with Crippen molar-refractivity contribution in [2.75, 3.05) is 0 Å². The number of carbonyl (C=O) groups excluding carboxylic acids is 1. The molecule has 3 aromatic carbocycles. The highest BCUT2D eigenvalue weighted by atomic mass is 79.9. The normalized spacial score (nSPS) is 25.0. The van der Waals surface area contributed by atoms with Crippen molar-refractivity contribution in [2.24, 2.45) is 0 Å². The van der Waals surface area contributed by atoms with Gasteiger partial charge in [0.1, 0.15) is 6.23 Å². The van der Waals surface area contributed by atoms with E-state index in [0.717, 1.165) is 34.0 Å². The van der Waals surface area contributed by atoms with Crippen LogP contribution in [0.5, 0.6) is 0 Å². The smallest absolute Gasteiger partial charge is 0.252 e. The molecule has 1 aliphatic carbocycles. The number of halogens is 1. The van der Waals surface area contributed by atoms with Crippen LogP contribution in [0.4, 0.5) is 0 Å². The molecule has 1 amide bonds. The van der Waals surface area contributed by atoms with Gasteiger partial charge in [-0.15, -0.1) is 0 Å². The summed E-state index contributed by atoms with van der Waals surface area (Å²) in [5.74, 6) is 0.247. The van der Waals surface area contributed by atoms with Crippen LogP contribution in [-0.2, 0) is 11.3 Å². The number of ether oxygens (including phenoxy) is 1. The number of rotatable bonds is 0. The third kappa shape index (κ3) is 1.66. The van der Waals surface area contributed by atoms with Crippen LogP contribution in [0.1, 0.15) is 52.0 Å². The van der Waals surface area contributed by atoms with Crippen LogP contribution in [0.15, 0.2) is 46.9 Å². The maximum absolute atomic E-state index is 13.1. The predicted octanol–water partition coefficient (Wildman–Crippen LogP) is 5.60. The average Bonchev–Trinajstić information content (AvgIpc) is 3.47. The van der Waals surface area contributed by atoms with E-state index in [1.165, 1.54) is 38.5 Å². The van der Waals surface area contributed by atoms with Gasteiger partial charge in [0.25, 0.3) is 5.91 Å². The number of nitrogens with zero attached hydrogens (tertiary/aromatic N) is 1. The van der Waals surface area contributed by atoms with Crippen LogP contribution in [0.3, 0.4) is 0 Å². The molecule has 8 rings (SSSR count). The monoisotopic (exact) mass is 456 g/mol. The Balaban J connectivity index is 1.70. The van der Waals surface area contributed by atoms with Gasteiger partial charge in [0.15, 0.2) is 0 Å². The molecule has 0 radical (unpaired) electrons. The van der Waals surface area contributed by atoms with E-state index in [1.54, 1.807) is 0 Å². The molecule has 1 aromatic heterocycles. The first kappa shape index (κ1) is 16.1. The number of nitrogens with one attached hydrogen (secondary N) is 1. The summed E-state index contributed by atoms with van der Waals surface area (Å²) in [6.45, 7) is 0.589. The number of amides is 1. The lowest BCUT2D eigenvalue weighted by Crippen LogP contribution is -2.16. The van der Waals surface area contributed by atoms with E-state index in [4.69, 9.17) is 4.74 Å². The Morgan fingerprint density at radius 2 is 2.00 bits per heavy atom. The Hall–Kier alpha value is -2.63. The number of carbonyl (C=O) groups is 1. The Bertz CT molecular complexity index is 1480. The van der Waals surface area contributed by atoms with Gasteiger partial charge >= 0.3 is 0 Å². The minimum atomic E-state index is 0.0554. The molecule has 4 heterocycles. The topological polar surface area (TPSA) is 43.3 Å². The number of hydrogen-bond acceptors (Lipinski definition) is 2. The molecule has 1 N–H and O–H groups in total. The van der Waals surface area contributed by atoms with Gasteiger partial charge in [0, 0.05) is 33.3 Å². The van der Waals surface area contributed by atoms with Gasteiger partial charge in [-0.25, -0.2) is 0 Å². The van der Waals surface area contributed by atoms with Gasteiger partial charge in [-0.05, 0) is 53.3 Å². The van der Waals surface area contributed by atoms with Crippen LogP contribution >= 0.6 is 15.9 Å². The maximum atomic E-state index is 13.1. The second-order valence-electron chi connectivity index (χ2n) is 8.85. The summed E-state index contributed by atoms with van der Waals surface area (Å²) in [5.41, 5.74) is 9.47. The van der Waals surface area contributed by atoms with E-state index in [1.807, 2.05) is 0 Å². The molecular weight excluding hydrogens is 440 g/mol. The van der Waals surface area contributed by atoms with Gasteiger partial charge in [0.05, 0.1) is 22.7 Å². The maximum Gasteiger partial charge on any atom is 0.252 e. The van der Waals surface area contributed by atoms with E-state index in [9.17, 15) is 4.79 Å². The van der Waals surface area contributed by atoms with Gasteiger partial charge in [-0.2, -0.15) is 0 Å². The zero-order chi connectivity index (χ0) is 19.7.